The first-order valence-corrected chi connectivity index (χ1v) is 6.18. The summed E-state index contributed by atoms with van der Waals surface area (Å²) in [5, 5.41) is 12.8. The van der Waals surface area contributed by atoms with E-state index >= 15 is 0 Å². The summed E-state index contributed by atoms with van der Waals surface area (Å²) in [6.07, 6.45) is 1.76. The molecule has 0 atom stereocenters. The zero-order chi connectivity index (χ0) is 13.9. The molecule has 7 nitrogen and oxygen atoms in total. The molecule has 0 aliphatic carbocycles. The third kappa shape index (κ3) is 2.25. The molecule has 0 N–H and O–H groups in total. The highest BCUT2D eigenvalue weighted by Crippen LogP contribution is 2.14. The fraction of sp³-hybridized carbons (Fsp3) is 0.231. The van der Waals surface area contributed by atoms with Gasteiger partial charge in [-0.25, -0.2) is 4.79 Å². The number of nitrogens with zero attached hydrogens (tertiary/aromatic N) is 4. The maximum atomic E-state index is 11.4. The number of carbonyl (C=O) groups is 1. The summed E-state index contributed by atoms with van der Waals surface area (Å²) in [5.74, 6) is -0.447. The minimum Gasteiger partial charge on any atom is -0.459 e. The summed E-state index contributed by atoms with van der Waals surface area (Å²) in [7, 11) is 0. The Labute approximate surface area is 114 Å². The molecule has 0 amide bonds. The normalized spacial score (nSPS) is 10.8. The smallest absolute Gasteiger partial charge is 0.396 e. The highest BCUT2D eigenvalue weighted by atomic mass is 16.5. The molecule has 0 saturated heterocycles. The van der Waals surface area contributed by atoms with Crippen molar-refractivity contribution in [1.29, 1.82) is 0 Å². The van der Waals surface area contributed by atoms with E-state index in [0.717, 1.165) is 10.9 Å². The van der Waals surface area contributed by atoms with E-state index in [1.807, 2.05) is 24.3 Å². The molecule has 7 heteroatoms. The lowest BCUT2D eigenvalue weighted by atomic mass is 10.3. The Bertz CT molecular complexity index is 747. The molecule has 2 aromatic heterocycles. The fourth-order valence-electron chi connectivity index (χ4n) is 1.87. The maximum absolute atomic E-state index is 11.4. The second-order valence-electron chi connectivity index (χ2n) is 4.08. The van der Waals surface area contributed by atoms with E-state index in [0.29, 0.717) is 12.4 Å². The van der Waals surface area contributed by atoms with E-state index in [4.69, 9.17) is 9.15 Å². The lowest BCUT2D eigenvalue weighted by Crippen LogP contribution is -2.04. The average Bonchev–Trinajstić information content (AvgIpc) is 3.08. The van der Waals surface area contributed by atoms with Crippen LogP contribution >= 0.6 is 0 Å². The van der Waals surface area contributed by atoms with Gasteiger partial charge in [-0.1, -0.05) is 18.2 Å². The molecule has 3 aromatic rings. The molecule has 102 valence electrons. The van der Waals surface area contributed by atoms with Gasteiger partial charge in [0.05, 0.1) is 18.3 Å². The topological polar surface area (TPSA) is 83.0 Å². The van der Waals surface area contributed by atoms with Crippen molar-refractivity contribution in [2.45, 2.75) is 13.5 Å². The molecule has 1 aromatic carbocycles. The molecule has 3 rings (SSSR count). The second-order valence-corrected chi connectivity index (χ2v) is 4.08. The minimum absolute atomic E-state index is 0.140. The van der Waals surface area contributed by atoms with E-state index < -0.39 is 5.97 Å². The van der Waals surface area contributed by atoms with Crippen LogP contribution < -0.4 is 0 Å². The summed E-state index contributed by atoms with van der Waals surface area (Å²) < 4.78 is 11.8. The van der Waals surface area contributed by atoms with E-state index in [1.165, 1.54) is 0 Å². The van der Waals surface area contributed by atoms with Crippen LogP contribution in [0, 0.1) is 0 Å². The van der Waals surface area contributed by atoms with Crippen LogP contribution in [0.2, 0.25) is 0 Å². The molecule has 2 heterocycles. The zero-order valence-electron chi connectivity index (χ0n) is 10.8. The predicted molar refractivity (Wildman–Crippen MR) is 69.1 cm³/mol. The van der Waals surface area contributed by atoms with Crippen molar-refractivity contribution in [3.63, 3.8) is 0 Å². The number of para-hydroxylation sites is 1. The molecule has 20 heavy (non-hydrogen) atoms. The van der Waals surface area contributed by atoms with Crippen molar-refractivity contribution in [1.82, 2.24) is 20.0 Å². The van der Waals surface area contributed by atoms with Gasteiger partial charge in [-0.15, -0.1) is 10.2 Å². The fourth-order valence-corrected chi connectivity index (χ4v) is 1.87. The number of hydrogen-bond acceptors (Lipinski definition) is 6. The maximum Gasteiger partial charge on any atom is 0.396 e. The van der Waals surface area contributed by atoms with Gasteiger partial charge in [0.25, 0.3) is 0 Å². The third-order valence-electron chi connectivity index (χ3n) is 2.75. The number of rotatable bonds is 4. The zero-order valence-corrected chi connectivity index (χ0v) is 10.8. The molecule has 0 fully saturated rings. The Morgan fingerprint density at radius 3 is 3.05 bits per heavy atom. The molecule has 0 spiro atoms. The Morgan fingerprint density at radius 2 is 2.20 bits per heavy atom. The van der Waals surface area contributed by atoms with Crippen LogP contribution in [-0.2, 0) is 11.3 Å². The minimum atomic E-state index is -0.614. The highest BCUT2D eigenvalue weighted by molar-refractivity contribution is 5.83. The number of carbonyl (C=O) groups excluding carboxylic acids is 1. The first-order chi connectivity index (χ1) is 9.78. The van der Waals surface area contributed by atoms with Crippen molar-refractivity contribution < 1.29 is 13.9 Å². The monoisotopic (exact) mass is 272 g/mol. The van der Waals surface area contributed by atoms with Crippen LogP contribution in [0.1, 0.15) is 23.5 Å². The number of benzene rings is 1. The summed E-state index contributed by atoms with van der Waals surface area (Å²) in [4.78, 5) is 11.4. The third-order valence-corrected chi connectivity index (χ3v) is 2.75. The summed E-state index contributed by atoms with van der Waals surface area (Å²) in [6.45, 7) is 2.28. The Kier molecular flexibility index (Phi) is 3.16. The lowest BCUT2D eigenvalue weighted by molar-refractivity contribution is 0.0478. The van der Waals surface area contributed by atoms with Gasteiger partial charge in [0, 0.05) is 5.39 Å². The van der Waals surface area contributed by atoms with Crippen LogP contribution in [0.5, 0.6) is 0 Å². The van der Waals surface area contributed by atoms with Crippen molar-refractivity contribution in [2.75, 3.05) is 6.61 Å². The van der Waals surface area contributed by atoms with Crippen molar-refractivity contribution in [3.8, 4) is 0 Å². The van der Waals surface area contributed by atoms with Gasteiger partial charge in [-0.2, -0.15) is 5.10 Å². The molecule has 0 unspecified atom stereocenters. The average molecular weight is 272 g/mol. The number of aromatic nitrogens is 4. The highest BCUT2D eigenvalue weighted by Gasteiger charge is 2.16. The molecular weight excluding hydrogens is 260 g/mol. The largest absolute Gasteiger partial charge is 0.459 e. The molecule has 0 radical (unpaired) electrons. The molecular formula is C13H12N4O3. The Hall–Kier alpha value is -2.70. The first kappa shape index (κ1) is 12.3. The standard InChI is InChI=1S/C13H12N4O3/c1-2-19-13(18)12-16-15-11(20-12)8-17-10-6-4-3-5-9(10)7-14-17/h3-7H,2,8H2,1H3. The van der Waals surface area contributed by atoms with Gasteiger partial charge < -0.3 is 9.15 Å². The van der Waals surface area contributed by atoms with E-state index in [1.54, 1.807) is 17.8 Å². The molecule has 0 saturated carbocycles. The molecule has 0 bridgehead atoms. The van der Waals surface area contributed by atoms with Crippen LogP contribution in [0.4, 0.5) is 0 Å². The van der Waals surface area contributed by atoms with Crippen LogP contribution in [0.15, 0.2) is 34.9 Å². The van der Waals surface area contributed by atoms with Crippen LogP contribution in [0.25, 0.3) is 10.9 Å². The summed E-state index contributed by atoms with van der Waals surface area (Å²) in [6, 6.07) is 7.79. The van der Waals surface area contributed by atoms with Crippen LogP contribution in [-0.4, -0.2) is 32.6 Å². The summed E-state index contributed by atoms with van der Waals surface area (Å²) >= 11 is 0. The number of esters is 1. The number of fused-ring (bicyclic) bond motifs is 1. The van der Waals surface area contributed by atoms with Gasteiger partial charge in [-0.3, -0.25) is 4.68 Å². The van der Waals surface area contributed by atoms with Crippen molar-refractivity contribution >= 4 is 16.9 Å². The van der Waals surface area contributed by atoms with Gasteiger partial charge in [-0.05, 0) is 13.0 Å². The summed E-state index contributed by atoms with van der Waals surface area (Å²) in [5.41, 5.74) is 0.961. The Balaban J connectivity index is 1.83. The van der Waals surface area contributed by atoms with Crippen LogP contribution in [0.3, 0.4) is 0 Å². The lowest BCUT2D eigenvalue weighted by Gasteiger charge is -1.99. The SMILES string of the molecule is CCOC(=O)c1nnc(Cn2ncc3ccccc32)o1. The number of ether oxygens (including phenoxy) is 1. The van der Waals surface area contributed by atoms with E-state index in [9.17, 15) is 4.79 Å². The number of hydrogen-bond donors (Lipinski definition) is 0. The van der Waals surface area contributed by atoms with Crippen molar-refractivity contribution in [3.05, 3.63) is 42.2 Å². The van der Waals surface area contributed by atoms with Gasteiger partial charge in [0.15, 0.2) is 0 Å². The van der Waals surface area contributed by atoms with E-state index in [2.05, 4.69) is 15.3 Å². The Morgan fingerprint density at radius 1 is 1.35 bits per heavy atom. The molecule has 0 aliphatic heterocycles. The first-order valence-electron chi connectivity index (χ1n) is 6.18. The second kappa shape index (κ2) is 5.12. The van der Waals surface area contributed by atoms with Gasteiger partial charge in [0.1, 0.15) is 6.54 Å². The van der Waals surface area contributed by atoms with Gasteiger partial charge in [0.2, 0.25) is 5.89 Å². The van der Waals surface area contributed by atoms with Gasteiger partial charge >= 0.3 is 11.9 Å². The predicted octanol–water partition coefficient (Wildman–Crippen LogP) is 1.64. The van der Waals surface area contributed by atoms with E-state index in [-0.39, 0.29) is 12.5 Å². The molecule has 0 aliphatic rings. The quantitative estimate of drug-likeness (QED) is 0.671. The van der Waals surface area contributed by atoms with Crippen molar-refractivity contribution in [2.24, 2.45) is 0 Å².